The van der Waals surface area contributed by atoms with Gasteiger partial charge in [0.2, 0.25) is 5.89 Å². The van der Waals surface area contributed by atoms with Crippen LogP contribution in [0.1, 0.15) is 19.2 Å². The van der Waals surface area contributed by atoms with Crippen LogP contribution in [0.3, 0.4) is 0 Å². The summed E-state index contributed by atoms with van der Waals surface area (Å²) in [7, 11) is 0. The molecule has 0 saturated carbocycles. The quantitative estimate of drug-likeness (QED) is 0.733. The van der Waals surface area contributed by atoms with E-state index in [1.54, 1.807) is 0 Å². The summed E-state index contributed by atoms with van der Waals surface area (Å²) in [5.74, 6) is 1.33. The van der Waals surface area contributed by atoms with Crippen LogP contribution in [0.4, 0.5) is 5.95 Å². The summed E-state index contributed by atoms with van der Waals surface area (Å²) in [5.41, 5.74) is 0. The van der Waals surface area contributed by atoms with Gasteiger partial charge in [-0.3, -0.25) is 0 Å². The lowest BCUT2D eigenvalue weighted by Gasteiger charge is -2.24. The lowest BCUT2D eigenvalue weighted by atomic mass is 10.4. The van der Waals surface area contributed by atoms with Gasteiger partial charge in [-0.25, -0.2) is 0 Å². The summed E-state index contributed by atoms with van der Waals surface area (Å²) in [6, 6.07) is 0. The fourth-order valence-corrected chi connectivity index (χ4v) is 1.58. The van der Waals surface area contributed by atoms with Gasteiger partial charge >= 0.3 is 0 Å². The van der Waals surface area contributed by atoms with Crippen LogP contribution < -0.4 is 10.2 Å². The normalized spacial score (nSPS) is 16.7. The first-order chi connectivity index (χ1) is 7.90. The van der Waals surface area contributed by atoms with Crippen molar-refractivity contribution >= 4 is 5.95 Å². The number of nitrogens with zero attached hydrogens (tertiary/aromatic N) is 3. The molecule has 0 amide bonds. The van der Waals surface area contributed by atoms with Gasteiger partial charge in [-0.15, -0.1) is 0 Å². The molecule has 0 atom stereocenters. The van der Waals surface area contributed by atoms with Gasteiger partial charge in [-0.05, 0) is 18.1 Å². The number of nitrogens with one attached hydrogen (secondary N) is 1. The third-order valence-corrected chi connectivity index (χ3v) is 2.45. The summed E-state index contributed by atoms with van der Waals surface area (Å²) in [5, 5.41) is 7.19. The van der Waals surface area contributed by atoms with E-state index < -0.39 is 0 Å². The van der Waals surface area contributed by atoms with Crippen molar-refractivity contribution in [1.82, 2.24) is 15.5 Å². The predicted molar refractivity (Wildman–Crippen MR) is 59.3 cm³/mol. The van der Waals surface area contributed by atoms with Crippen molar-refractivity contribution in [3.05, 3.63) is 5.89 Å². The molecule has 6 nitrogen and oxygen atoms in total. The molecule has 0 unspecified atom stereocenters. The highest BCUT2D eigenvalue weighted by molar-refractivity contribution is 5.27. The van der Waals surface area contributed by atoms with Crippen LogP contribution >= 0.6 is 0 Å². The Morgan fingerprint density at radius 3 is 2.94 bits per heavy atom. The third-order valence-electron chi connectivity index (χ3n) is 2.45. The van der Waals surface area contributed by atoms with E-state index >= 15 is 0 Å². The summed E-state index contributed by atoms with van der Waals surface area (Å²) in [6.45, 7) is 6.87. The molecule has 2 rings (SSSR count). The number of morpholine rings is 1. The second-order valence-corrected chi connectivity index (χ2v) is 3.76. The maximum absolute atomic E-state index is 5.27. The van der Waals surface area contributed by atoms with Gasteiger partial charge in [0, 0.05) is 13.1 Å². The Morgan fingerprint density at radius 1 is 1.38 bits per heavy atom. The van der Waals surface area contributed by atoms with E-state index in [2.05, 4.69) is 27.3 Å². The molecule has 90 valence electrons. The first-order valence-electron chi connectivity index (χ1n) is 5.76. The second-order valence-electron chi connectivity index (χ2n) is 3.76. The fraction of sp³-hybridized carbons (Fsp3) is 0.800. The van der Waals surface area contributed by atoms with Crippen molar-refractivity contribution < 1.29 is 9.26 Å². The molecule has 0 aliphatic carbocycles. The SMILES string of the molecule is CCCNCc1nc(N2CCOCC2)no1. The van der Waals surface area contributed by atoms with Gasteiger partial charge in [0.1, 0.15) is 0 Å². The van der Waals surface area contributed by atoms with Gasteiger partial charge in [-0.1, -0.05) is 6.92 Å². The van der Waals surface area contributed by atoms with Crippen molar-refractivity contribution in [2.75, 3.05) is 37.7 Å². The average Bonchev–Trinajstić information content (AvgIpc) is 2.79. The Kier molecular flexibility index (Phi) is 4.12. The summed E-state index contributed by atoms with van der Waals surface area (Å²) in [6.07, 6.45) is 1.10. The van der Waals surface area contributed by atoms with Crippen LogP contribution in [0.25, 0.3) is 0 Å². The molecular formula is C10H18N4O2. The first-order valence-corrected chi connectivity index (χ1v) is 5.76. The minimum absolute atomic E-state index is 0.644. The number of hydrogen-bond donors (Lipinski definition) is 1. The molecule has 2 heterocycles. The molecule has 1 aliphatic rings. The van der Waals surface area contributed by atoms with E-state index in [0.717, 1.165) is 39.3 Å². The molecule has 0 aromatic carbocycles. The molecule has 0 bridgehead atoms. The van der Waals surface area contributed by atoms with Gasteiger partial charge in [-0.2, -0.15) is 4.98 Å². The summed E-state index contributed by atoms with van der Waals surface area (Å²) in [4.78, 5) is 6.42. The molecule has 1 fully saturated rings. The zero-order chi connectivity index (χ0) is 11.2. The average molecular weight is 226 g/mol. The molecular weight excluding hydrogens is 208 g/mol. The smallest absolute Gasteiger partial charge is 0.266 e. The maximum Gasteiger partial charge on any atom is 0.266 e. The van der Waals surface area contributed by atoms with Crippen LogP contribution in [0.5, 0.6) is 0 Å². The van der Waals surface area contributed by atoms with Crippen LogP contribution in [-0.2, 0) is 11.3 Å². The largest absolute Gasteiger partial charge is 0.378 e. The maximum atomic E-state index is 5.27. The van der Waals surface area contributed by atoms with Crippen LogP contribution in [-0.4, -0.2) is 43.0 Å². The van der Waals surface area contributed by atoms with Crippen molar-refractivity contribution in [3.8, 4) is 0 Å². The van der Waals surface area contributed by atoms with Crippen molar-refractivity contribution in [1.29, 1.82) is 0 Å². The van der Waals surface area contributed by atoms with E-state index in [-0.39, 0.29) is 0 Å². The minimum Gasteiger partial charge on any atom is -0.378 e. The molecule has 1 N–H and O–H groups in total. The molecule has 1 saturated heterocycles. The standard InChI is InChI=1S/C10H18N4O2/c1-2-3-11-8-9-12-10(13-16-9)14-4-6-15-7-5-14/h11H,2-8H2,1H3. The van der Waals surface area contributed by atoms with E-state index in [4.69, 9.17) is 9.26 Å². The predicted octanol–water partition coefficient (Wildman–Crippen LogP) is 0.406. The fourth-order valence-electron chi connectivity index (χ4n) is 1.58. The summed E-state index contributed by atoms with van der Waals surface area (Å²) < 4.78 is 10.4. The third kappa shape index (κ3) is 2.93. The number of anilines is 1. The van der Waals surface area contributed by atoms with Crippen molar-refractivity contribution in [2.24, 2.45) is 0 Å². The van der Waals surface area contributed by atoms with Crippen LogP contribution in [0.15, 0.2) is 4.52 Å². The monoisotopic (exact) mass is 226 g/mol. The zero-order valence-corrected chi connectivity index (χ0v) is 9.61. The highest BCUT2D eigenvalue weighted by Crippen LogP contribution is 2.10. The number of rotatable bonds is 5. The Balaban J connectivity index is 1.85. The molecule has 0 radical (unpaired) electrons. The Hall–Kier alpha value is -1.14. The summed E-state index contributed by atoms with van der Waals surface area (Å²) >= 11 is 0. The lowest BCUT2D eigenvalue weighted by Crippen LogP contribution is -2.36. The van der Waals surface area contributed by atoms with Gasteiger partial charge in [0.15, 0.2) is 0 Å². The molecule has 16 heavy (non-hydrogen) atoms. The number of hydrogen-bond acceptors (Lipinski definition) is 6. The highest BCUT2D eigenvalue weighted by atomic mass is 16.5. The lowest BCUT2D eigenvalue weighted by molar-refractivity contribution is 0.121. The van der Waals surface area contributed by atoms with Crippen molar-refractivity contribution in [2.45, 2.75) is 19.9 Å². The molecule has 1 aromatic heterocycles. The number of ether oxygens (including phenoxy) is 1. The Bertz CT molecular complexity index is 310. The van der Waals surface area contributed by atoms with Gasteiger partial charge < -0.3 is 19.5 Å². The van der Waals surface area contributed by atoms with E-state index in [0.29, 0.717) is 18.4 Å². The zero-order valence-electron chi connectivity index (χ0n) is 9.61. The molecule has 0 spiro atoms. The van der Waals surface area contributed by atoms with Gasteiger partial charge in [0.05, 0.1) is 19.8 Å². The Labute approximate surface area is 95.0 Å². The molecule has 1 aliphatic heterocycles. The van der Waals surface area contributed by atoms with E-state index in [1.165, 1.54) is 0 Å². The van der Waals surface area contributed by atoms with Crippen LogP contribution in [0.2, 0.25) is 0 Å². The first kappa shape index (κ1) is 11.3. The topological polar surface area (TPSA) is 63.4 Å². The molecule has 6 heteroatoms. The highest BCUT2D eigenvalue weighted by Gasteiger charge is 2.16. The van der Waals surface area contributed by atoms with Gasteiger partial charge in [0.25, 0.3) is 5.95 Å². The minimum atomic E-state index is 0.644. The van der Waals surface area contributed by atoms with E-state index in [1.807, 2.05) is 0 Å². The number of aromatic nitrogens is 2. The van der Waals surface area contributed by atoms with Crippen molar-refractivity contribution in [3.63, 3.8) is 0 Å². The molecule has 1 aromatic rings. The second kappa shape index (κ2) is 5.81. The van der Waals surface area contributed by atoms with E-state index in [9.17, 15) is 0 Å². The van der Waals surface area contributed by atoms with Crippen LogP contribution in [0, 0.1) is 0 Å². The Morgan fingerprint density at radius 2 is 2.19 bits per heavy atom.